The molecule has 1 saturated heterocycles. The minimum atomic E-state index is 0.163. The zero-order chi connectivity index (χ0) is 12.4. The molecule has 0 spiro atoms. The number of rotatable bonds is 2. The molecule has 1 aromatic carbocycles. The van der Waals surface area contributed by atoms with Crippen LogP contribution in [-0.4, -0.2) is 17.4 Å². The lowest BCUT2D eigenvalue weighted by Gasteiger charge is -2.31. The first-order valence-electron chi connectivity index (χ1n) is 5.90. The highest BCUT2D eigenvalue weighted by molar-refractivity contribution is 9.10. The van der Waals surface area contributed by atoms with Crippen LogP contribution in [0, 0.1) is 5.92 Å². The van der Waals surface area contributed by atoms with Crippen LogP contribution in [0.5, 0.6) is 0 Å². The lowest BCUT2D eigenvalue weighted by Crippen LogP contribution is -2.39. The SMILES string of the molecule is CC1CCCN(Cc2ccc(N)cc2Br)C1=O. The van der Waals surface area contributed by atoms with Crippen LogP contribution >= 0.6 is 15.9 Å². The van der Waals surface area contributed by atoms with Crippen LogP contribution in [0.25, 0.3) is 0 Å². The largest absolute Gasteiger partial charge is 0.399 e. The third kappa shape index (κ3) is 2.80. The maximum absolute atomic E-state index is 12.0. The van der Waals surface area contributed by atoms with Crippen LogP contribution in [0.2, 0.25) is 0 Å². The first-order valence-corrected chi connectivity index (χ1v) is 6.70. The molecule has 2 rings (SSSR count). The van der Waals surface area contributed by atoms with Gasteiger partial charge in [0.2, 0.25) is 5.91 Å². The molecular formula is C13H17BrN2O. The van der Waals surface area contributed by atoms with Gasteiger partial charge in [-0.25, -0.2) is 0 Å². The van der Waals surface area contributed by atoms with Crippen LogP contribution < -0.4 is 5.73 Å². The van der Waals surface area contributed by atoms with Crippen molar-refractivity contribution in [2.45, 2.75) is 26.3 Å². The van der Waals surface area contributed by atoms with Crippen molar-refractivity contribution in [2.75, 3.05) is 12.3 Å². The van der Waals surface area contributed by atoms with Gasteiger partial charge in [-0.2, -0.15) is 0 Å². The molecule has 1 aliphatic rings. The number of carbonyl (C=O) groups excluding carboxylic acids is 1. The molecule has 1 aromatic rings. The molecule has 0 aromatic heterocycles. The summed E-state index contributed by atoms with van der Waals surface area (Å²) >= 11 is 3.49. The van der Waals surface area contributed by atoms with Crippen molar-refractivity contribution in [1.82, 2.24) is 4.90 Å². The van der Waals surface area contributed by atoms with E-state index in [1.54, 1.807) is 0 Å². The maximum Gasteiger partial charge on any atom is 0.225 e. The van der Waals surface area contributed by atoms with Gasteiger partial charge in [-0.15, -0.1) is 0 Å². The highest BCUT2D eigenvalue weighted by atomic mass is 79.9. The van der Waals surface area contributed by atoms with Gasteiger partial charge < -0.3 is 10.6 Å². The normalized spacial score (nSPS) is 20.7. The smallest absolute Gasteiger partial charge is 0.225 e. The Labute approximate surface area is 110 Å². The van der Waals surface area contributed by atoms with E-state index >= 15 is 0 Å². The molecule has 4 heteroatoms. The number of nitrogens with two attached hydrogens (primary N) is 1. The Kier molecular flexibility index (Phi) is 3.72. The molecule has 1 fully saturated rings. The Morgan fingerprint density at radius 3 is 3.00 bits per heavy atom. The zero-order valence-corrected chi connectivity index (χ0v) is 11.5. The van der Waals surface area contributed by atoms with Crippen molar-refractivity contribution in [3.05, 3.63) is 28.2 Å². The Balaban J connectivity index is 2.12. The van der Waals surface area contributed by atoms with Crippen molar-refractivity contribution in [2.24, 2.45) is 5.92 Å². The molecule has 17 heavy (non-hydrogen) atoms. The van der Waals surface area contributed by atoms with Crippen molar-refractivity contribution in [3.8, 4) is 0 Å². The van der Waals surface area contributed by atoms with Gasteiger partial charge in [0, 0.05) is 29.2 Å². The fraction of sp³-hybridized carbons (Fsp3) is 0.462. The van der Waals surface area contributed by atoms with Gasteiger partial charge in [0.1, 0.15) is 0 Å². The van der Waals surface area contributed by atoms with E-state index in [4.69, 9.17) is 5.73 Å². The Morgan fingerprint density at radius 2 is 2.29 bits per heavy atom. The van der Waals surface area contributed by atoms with Gasteiger partial charge in [0.05, 0.1) is 0 Å². The quantitative estimate of drug-likeness (QED) is 0.853. The number of piperidine rings is 1. The highest BCUT2D eigenvalue weighted by Crippen LogP contribution is 2.24. The van der Waals surface area contributed by atoms with E-state index in [0.29, 0.717) is 6.54 Å². The third-order valence-electron chi connectivity index (χ3n) is 3.24. The minimum absolute atomic E-state index is 0.163. The number of amides is 1. The third-order valence-corrected chi connectivity index (χ3v) is 3.97. The number of halogens is 1. The summed E-state index contributed by atoms with van der Waals surface area (Å²) in [5, 5.41) is 0. The van der Waals surface area contributed by atoms with Gasteiger partial charge in [-0.3, -0.25) is 4.79 Å². The minimum Gasteiger partial charge on any atom is -0.399 e. The first-order chi connectivity index (χ1) is 8.08. The van der Waals surface area contributed by atoms with Crippen LogP contribution in [0.3, 0.4) is 0 Å². The summed E-state index contributed by atoms with van der Waals surface area (Å²) in [6.07, 6.45) is 2.11. The van der Waals surface area contributed by atoms with Gasteiger partial charge in [-0.05, 0) is 30.5 Å². The second-order valence-electron chi connectivity index (χ2n) is 4.65. The molecule has 0 saturated carbocycles. The fourth-order valence-corrected chi connectivity index (χ4v) is 2.71. The number of carbonyl (C=O) groups is 1. The summed E-state index contributed by atoms with van der Waals surface area (Å²) in [5.41, 5.74) is 7.55. The van der Waals surface area contributed by atoms with E-state index in [1.807, 2.05) is 30.0 Å². The molecule has 2 N–H and O–H groups in total. The molecular weight excluding hydrogens is 280 g/mol. The molecule has 1 heterocycles. The second kappa shape index (κ2) is 5.08. The maximum atomic E-state index is 12.0. The lowest BCUT2D eigenvalue weighted by molar-refractivity contribution is -0.138. The molecule has 1 atom stereocenters. The summed E-state index contributed by atoms with van der Waals surface area (Å²) in [5.74, 6) is 0.427. The summed E-state index contributed by atoms with van der Waals surface area (Å²) in [4.78, 5) is 13.9. The average molecular weight is 297 g/mol. The first kappa shape index (κ1) is 12.4. The van der Waals surface area contributed by atoms with Crippen LogP contribution in [0.4, 0.5) is 5.69 Å². The van der Waals surface area contributed by atoms with E-state index in [0.717, 1.165) is 35.1 Å². The van der Waals surface area contributed by atoms with Crippen molar-refractivity contribution >= 4 is 27.5 Å². The molecule has 0 bridgehead atoms. The molecule has 0 aliphatic carbocycles. The standard InChI is InChI=1S/C13H17BrN2O/c1-9-3-2-6-16(13(9)17)8-10-4-5-11(15)7-12(10)14/h4-5,7,9H,2-3,6,8,15H2,1H3. The molecule has 1 aliphatic heterocycles. The van der Waals surface area contributed by atoms with Gasteiger partial charge in [-0.1, -0.05) is 28.9 Å². The predicted molar refractivity (Wildman–Crippen MR) is 72.4 cm³/mol. The summed E-state index contributed by atoms with van der Waals surface area (Å²) < 4.78 is 0.975. The summed E-state index contributed by atoms with van der Waals surface area (Å²) in [6.45, 7) is 3.54. The van der Waals surface area contributed by atoms with Crippen LogP contribution in [0.15, 0.2) is 22.7 Å². The zero-order valence-electron chi connectivity index (χ0n) is 9.95. The number of benzene rings is 1. The number of nitrogen functional groups attached to an aromatic ring is 1. The number of hydrogen-bond donors (Lipinski definition) is 1. The lowest BCUT2D eigenvalue weighted by atomic mass is 9.98. The Hall–Kier alpha value is -1.03. The van der Waals surface area contributed by atoms with Crippen molar-refractivity contribution < 1.29 is 4.79 Å². The fourth-order valence-electron chi connectivity index (χ4n) is 2.19. The van der Waals surface area contributed by atoms with E-state index in [1.165, 1.54) is 0 Å². The number of nitrogens with zero attached hydrogens (tertiary/aromatic N) is 1. The van der Waals surface area contributed by atoms with Gasteiger partial charge >= 0.3 is 0 Å². The monoisotopic (exact) mass is 296 g/mol. The predicted octanol–water partition coefficient (Wildman–Crippen LogP) is 2.79. The molecule has 1 amide bonds. The Morgan fingerprint density at radius 1 is 1.53 bits per heavy atom. The number of hydrogen-bond acceptors (Lipinski definition) is 2. The molecule has 3 nitrogen and oxygen atoms in total. The van der Waals surface area contributed by atoms with E-state index in [9.17, 15) is 4.79 Å². The highest BCUT2D eigenvalue weighted by Gasteiger charge is 2.25. The van der Waals surface area contributed by atoms with Crippen molar-refractivity contribution in [3.63, 3.8) is 0 Å². The number of likely N-dealkylation sites (tertiary alicyclic amines) is 1. The Bertz CT molecular complexity index is 433. The topological polar surface area (TPSA) is 46.3 Å². The second-order valence-corrected chi connectivity index (χ2v) is 5.51. The molecule has 92 valence electrons. The van der Waals surface area contributed by atoms with E-state index < -0.39 is 0 Å². The molecule has 0 radical (unpaired) electrons. The van der Waals surface area contributed by atoms with Crippen LogP contribution in [0.1, 0.15) is 25.3 Å². The summed E-state index contributed by atoms with van der Waals surface area (Å²) in [6, 6.07) is 5.73. The molecule has 1 unspecified atom stereocenters. The number of anilines is 1. The van der Waals surface area contributed by atoms with Gasteiger partial charge in [0.25, 0.3) is 0 Å². The van der Waals surface area contributed by atoms with Crippen LogP contribution in [-0.2, 0) is 11.3 Å². The average Bonchev–Trinajstić information content (AvgIpc) is 2.28. The van der Waals surface area contributed by atoms with E-state index in [-0.39, 0.29) is 11.8 Å². The van der Waals surface area contributed by atoms with Crippen molar-refractivity contribution in [1.29, 1.82) is 0 Å². The van der Waals surface area contributed by atoms with E-state index in [2.05, 4.69) is 15.9 Å². The van der Waals surface area contributed by atoms with Gasteiger partial charge in [0.15, 0.2) is 0 Å². The summed E-state index contributed by atoms with van der Waals surface area (Å²) in [7, 11) is 0.